The maximum atomic E-state index is 14.1. The Labute approximate surface area is 435 Å². The van der Waals surface area contributed by atoms with Gasteiger partial charge >= 0.3 is 11.9 Å². The molecule has 2 saturated carbocycles. The number of esters is 2. The second-order valence-electron chi connectivity index (χ2n) is 19.6. The highest BCUT2D eigenvalue weighted by Crippen LogP contribution is 2.61. The van der Waals surface area contributed by atoms with E-state index in [1.807, 2.05) is 18.2 Å². The lowest BCUT2D eigenvalue weighted by Gasteiger charge is -2.50. The Kier molecular flexibility index (Phi) is 19.3. The van der Waals surface area contributed by atoms with E-state index in [-0.39, 0.29) is 50.5 Å². The zero-order valence-corrected chi connectivity index (χ0v) is 42.0. The fourth-order valence-electron chi connectivity index (χ4n) is 10.8. The van der Waals surface area contributed by atoms with Crippen LogP contribution in [0.25, 0.3) is 0 Å². The Bertz CT molecular complexity index is 2660. The van der Waals surface area contributed by atoms with Gasteiger partial charge in [-0.2, -0.15) is 0 Å². The van der Waals surface area contributed by atoms with Crippen molar-refractivity contribution in [3.05, 3.63) is 147 Å². The lowest BCUT2D eigenvalue weighted by atomic mass is 9.55. The van der Waals surface area contributed by atoms with Crippen LogP contribution in [-0.2, 0) is 64.3 Å². The molecular formula is C55H66N8O12. The third-order valence-corrected chi connectivity index (χ3v) is 14.6. The van der Waals surface area contributed by atoms with Crippen LogP contribution in [0.15, 0.2) is 114 Å². The number of benzene rings is 4. The van der Waals surface area contributed by atoms with Gasteiger partial charge in [-0.15, -0.1) is 0 Å². The first kappa shape index (κ1) is 54.9. The van der Waals surface area contributed by atoms with E-state index in [0.717, 1.165) is 44.1 Å². The van der Waals surface area contributed by atoms with Crippen molar-refractivity contribution >= 4 is 41.5 Å². The standard InChI is InChI=1S/C55H66N8O12/c1-55-26-25-41-40-22-20-39(29-38(40)19-21-42(41)43(55)23-24-47(55)64)73-34-49(66)59-44(18-11-27-57-54(56)62-63(71)72)51(68)58-31-48(65)60-45(30-50(67)74-32-36-14-7-3-8-15-36)52(69)61-46(28-35-12-5-2-6-13-35)53(70)75-33-37-16-9-4-10-17-37/h2-10,12-17,20,22,29,41-47,64H,11,18-19,21,23-28,30-34H2,1H3,(H,58,68)(H,59,66)(H,60,65)(H,61,69)(H3,56,57,62)/t41-,42-,43+,44+,45+,46+,47+,55+/m1/s1. The maximum absolute atomic E-state index is 14.1. The summed E-state index contributed by atoms with van der Waals surface area (Å²) in [5, 5.41) is 31.0. The first-order valence-electron chi connectivity index (χ1n) is 25.4. The molecule has 4 aromatic rings. The molecule has 20 heteroatoms. The topological polar surface area (TPSA) is 292 Å². The van der Waals surface area contributed by atoms with E-state index in [2.05, 4.69) is 39.2 Å². The van der Waals surface area contributed by atoms with E-state index in [1.54, 1.807) is 90.4 Å². The van der Waals surface area contributed by atoms with Crippen molar-refractivity contribution in [3.63, 3.8) is 0 Å². The van der Waals surface area contributed by atoms with Crippen LogP contribution in [0.1, 0.15) is 92.0 Å². The number of nitrogens with zero attached hydrogens (tertiary/aromatic N) is 2. The van der Waals surface area contributed by atoms with Crippen LogP contribution in [0.5, 0.6) is 5.75 Å². The average Bonchev–Trinajstić information content (AvgIpc) is 3.73. The number of nitro groups is 1. The van der Waals surface area contributed by atoms with Gasteiger partial charge in [-0.3, -0.25) is 24.0 Å². The van der Waals surface area contributed by atoms with Crippen molar-refractivity contribution in [1.82, 2.24) is 26.7 Å². The van der Waals surface area contributed by atoms with Crippen molar-refractivity contribution in [1.29, 1.82) is 0 Å². The molecule has 75 heavy (non-hydrogen) atoms. The van der Waals surface area contributed by atoms with Crippen molar-refractivity contribution in [3.8, 4) is 5.75 Å². The number of guanidine groups is 1. The number of aryl methyl sites for hydroxylation is 1. The predicted molar refractivity (Wildman–Crippen MR) is 274 cm³/mol. The number of hydrazine groups is 1. The molecule has 398 valence electrons. The van der Waals surface area contributed by atoms with Crippen LogP contribution in [-0.4, -0.2) is 95.6 Å². The van der Waals surface area contributed by atoms with Gasteiger partial charge in [0.2, 0.25) is 17.7 Å². The maximum Gasteiger partial charge on any atom is 0.329 e. The quantitative estimate of drug-likeness (QED) is 0.0131. The summed E-state index contributed by atoms with van der Waals surface area (Å²) in [5.41, 5.74) is 11.8. The lowest BCUT2D eigenvalue weighted by molar-refractivity contribution is -0.525. The number of nitrogens with two attached hydrogens (primary N) is 1. The van der Waals surface area contributed by atoms with Gasteiger partial charge in [-0.25, -0.2) is 19.9 Å². The highest BCUT2D eigenvalue weighted by Gasteiger charge is 2.54. The first-order chi connectivity index (χ1) is 36.1. The van der Waals surface area contributed by atoms with Crippen molar-refractivity contribution in [2.75, 3.05) is 19.7 Å². The zero-order valence-electron chi connectivity index (χ0n) is 42.0. The largest absolute Gasteiger partial charge is 0.484 e. The monoisotopic (exact) mass is 1030 g/mol. The molecule has 0 aromatic heterocycles. The van der Waals surface area contributed by atoms with Crippen molar-refractivity contribution < 1.29 is 53.1 Å². The predicted octanol–water partition coefficient (Wildman–Crippen LogP) is 3.85. The van der Waals surface area contributed by atoms with Crippen molar-refractivity contribution in [2.24, 2.45) is 28.0 Å². The summed E-state index contributed by atoms with van der Waals surface area (Å²) in [4.78, 5) is 96.4. The van der Waals surface area contributed by atoms with E-state index in [0.29, 0.717) is 40.2 Å². The minimum Gasteiger partial charge on any atom is -0.484 e. The Balaban J connectivity index is 0.989. The highest BCUT2D eigenvalue weighted by molar-refractivity contribution is 5.95. The summed E-state index contributed by atoms with van der Waals surface area (Å²) in [5.74, 6) is -3.46. The number of amides is 4. The molecule has 8 atom stereocenters. The van der Waals surface area contributed by atoms with Gasteiger partial charge < -0.3 is 46.3 Å². The van der Waals surface area contributed by atoms with Crippen LogP contribution in [0, 0.1) is 27.4 Å². The smallest absolute Gasteiger partial charge is 0.329 e. The Morgan fingerprint density at radius 2 is 1.44 bits per heavy atom. The molecule has 0 saturated heterocycles. The number of hydrogen-bond acceptors (Lipinski definition) is 13. The number of aliphatic hydroxyl groups excluding tert-OH is 1. The lowest BCUT2D eigenvalue weighted by Crippen LogP contribution is -2.55. The van der Waals surface area contributed by atoms with Gasteiger partial charge in [-0.05, 0) is 114 Å². The third kappa shape index (κ3) is 15.6. The fraction of sp³-hybridized carbons (Fsp3) is 0.436. The molecule has 0 bridgehead atoms. The van der Waals surface area contributed by atoms with Crippen molar-refractivity contribution in [2.45, 2.75) is 114 Å². The number of aliphatic hydroxyl groups is 1. The average molecular weight is 1030 g/mol. The molecule has 4 aromatic carbocycles. The van der Waals surface area contributed by atoms with Crippen LogP contribution in [0.2, 0.25) is 0 Å². The van der Waals surface area contributed by atoms with Gasteiger partial charge in [-0.1, -0.05) is 109 Å². The Hall–Kier alpha value is -7.87. The molecule has 0 spiro atoms. The summed E-state index contributed by atoms with van der Waals surface area (Å²) in [6.45, 7) is 0.807. The molecule has 2 fully saturated rings. The summed E-state index contributed by atoms with van der Waals surface area (Å²) in [6.07, 6.45) is 4.89. The second-order valence-corrected chi connectivity index (χ2v) is 19.6. The molecule has 7 rings (SSSR count). The molecule has 0 radical (unpaired) electrons. The van der Waals surface area contributed by atoms with Crippen LogP contribution in [0.4, 0.5) is 0 Å². The van der Waals surface area contributed by atoms with Gasteiger partial charge in [0, 0.05) is 13.0 Å². The number of hydrogen-bond donors (Lipinski definition) is 7. The van der Waals surface area contributed by atoms with Gasteiger partial charge in [0.15, 0.2) is 11.6 Å². The third-order valence-electron chi connectivity index (χ3n) is 14.6. The molecule has 3 aliphatic carbocycles. The minimum absolute atomic E-state index is 0.0127. The molecule has 20 nitrogen and oxygen atoms in total. The summed E-state index contributed by atoms with van der Waals surface area (Å²) >= 11 is 0. The Morgan fingerprint density at radius 3 is 2.12 bits per heavy atom. The number of fused-ring (bicyclic) bond motifs is 5. The number of nitrogens with one attached hydrogen (secondary N) is 5. The molecule has 4 amide bonds. The van der Waals surface area contributed by atoms with Gasteiger partial charge in [0.05, 0.1) is 19.1 Å². The summed E-state index contributed by atoms with van der Waals surface area (Å²) < 4.78 is 17.0. The number of carbonyl (C=O) groups is 6. The highest BCUT2D eigenvalue weighted by atomic mass is 16.7. The van der Waals surface area contributed by atoms with E-state index < -0.39 is 84.3 Å². The summed E-state index contributed by atoms with van der Waals surface area (Å²) in [7, 11) is 0. The normalized spacial score (nSPS) is 20.7. The number of carbonyl (C=O) groups excluding carboxylic acids is 6. The number of rotatable bonds is 24. The van der Waals surface area contributed by atoms with E-state index in [9.17, 15) is 44.0 Å². The van der Waals surface area contributed by atoms with Crippen LogP contribution >= 0.6 is 0 Å². The van der Waals surface area contributed by atoms with Crippen LogP contribution < -0.4 is 37.2 Å². The first-order valence-corrected chi connectivity index (χ1v) is 25.4. The van der Waals surface area contributed by atoms with E-state index in [1.165, 1.54) is 5.56 Å². The zero-order chi connectivity index (χ0) is 53.3. The minimum atomic E-state index is -1.59. The fourth-order valence-corrected chi connectivity index (χ4v) is 10.8. The molecule has 3 aliphatic rings. The molecule has 8 N–H and O–H groups in total. The molecular weight excluding hydrogens is 965 g/mol. The molecule has 0 aliphatic heterocycles. The Morgan fingerprint density at radius 1 is 0.787 bits per heavy atom. The summed E-state index contributed by atoms with van der Waals surface area (Å²) in [6, 6.07) is 28.4. The van der Waals surface area contributed by atoms with Gasteiger partial charge in [0.25, 0.3) is 11.9 Å². The second kappa shape index (κ2) is 26.4. The molecule has 0 unspecified atom stereocenters. The van der Waals surface area contributed by atoms with E-state index in [4.69, 9.17) is 19.9 Å². The molecule has 0 heterocycles. The number of aliphatic imine (C=N–C) groups is 1. The van der Waals surface area contributed by atoms with Crippen LogP contribution in [0.3, 0.4) is 0 Å². The number of ether oxygens (including phenoxy) is 3. The van der Waals surface area contributed by atoms with E-state index >= 15 is 0 Å². The SMILES string of the molecule is C[C@]12CC[C@@H]3c4ccc(OCC(=O)N[C@@H](CCCN=C(N)N[N+](=O)[O-])C(=O)NCC(=O)N[C@@H](CC(=O)OCc5ccccc5)C(=O)N[C@@H](Cc5ccccc5)C(=O)OCc5ccccc5)cc4CC[C@H]3[C@@H]1CC[C@@H]2O. The van der Waals surface area contributed by atoms with Gasteiger partial charge in [0.1, 0.15) is 37.1 Å².